The van der Waals surface area contributed by atoms with Crippen LogP contribution in [0.25, 0.3) is 0 Å². The van der Waals surface area contributed by atoms with E-state index in [4.69, 9.17) is 19.5 Å². The minimum Gasteiger partial charge on any atom is -0.503 e. The summed E-state index contributed by atoms with van der Waals surface area (Å²) < 4.78 is 15.2. The molecular formula is C13H15NO3. The van der Waals surface area contributed by atoms with E-state index in [2.05, 4.69) is 6.07 Å². The number of hydrogen-bond donors (Lipinski definition) is 0. The van der Waals surface area contributed by atoms with Crippen LogP contribution >= 0.6 is 0 Å². The average molecular weight is 233 g/mol. The molecule has 90 valence electrons. The lowest BCUT2D eigenvalue weighted by atomic mass is 10.1. The first-order valence-corrected chi connectivity index (χ1v) is 5.08. The Hall–Kier alpha value is -2.15. The van der Waals surface area contributed by atoms with Gasteiger partial charge in [0.1, 0.15) is 0 Å². The van der Waals surface area contributed by atoms with Gasteiger partial charge in [0.05, 0.1) is 39.2 Å². The third-order valence-electron chi connectivity index (χ3n) is 2.25. The Morgan fingerprint density at radius 1 is 1.24 bits per heavy atom. The van der Waals surface area contributed by atoms with Gasteiger partial charge in [-0.1, -0.05) is 6.07 Å². The number of nitrogens with zero attached hydrogens (tertiary/aromatic N) is 1. The number of methoxy groups -OCH3 is 3. The van der Waals surface area contributed by atoms with Crippen LogP contribution in [-0.4, -0.2) is 21.3 Å². The molecule has 0 aromatic heterocycles. The molecule has 0 heterocycles. The molecule has 0 aliphatic rings. The number of rotatable bonds is 5. The molecule has 0 aliphatic carbocycles. The lowest BCUT2D eigenvalue weighted by molar-refractivity contribution is 0.334. The fourth-order valence-electron chi connectivity index (χ4n) is 1.46. The van der Waals surface area contributed by atoms with Crippen LogP contribution in [0.2, 0.25) is 0 Å². The van der Waals surface area contributed by atoms with E-state index >= 15 is 0 Å². The number of benzene rings is 1. The highest BCUT2D eigenvalue weighted by molar-refractivity contribution is 5.44. The van der Waals surface area contributed by atoms with E-state index in [0.717, 1.165) is 5.56 Å². The molecule has 0 radical (unpaired) electrons. The van der Waals surface area contributed by atoms with Crippen LogP contribution in [0.5, 0.6) is 11.5 Å². The van der Waals surface area contributed by atoms with E-state index < -0.39 is 0 Å². The van der Waals surface area contributed by atoms with Gasteiger partial charge in [-0.05, 0) is 17.7 Å². The minimum atomic E-state index is 0.505. The summed E-state index contributed by atoms with van der Waals surface area (Å²) in [6, 6.07) is 7.63. The van der Waals surface area contributed by atoms with E-state index in [-0.39, 0.29) is 0 Å². The summed E-state index contributed by atoms with van der Waals surface area (Å²) in [4.78, 5) is 0. The smallest absolute Gasteiger partial charge is 0.160 e. The van der Waals surface area contributed by atoms with Crippen LogP contribution in [0.3, 0.4) is 0 Å². The predicted octanol–water partition coefficient (Wildman–Crippen LogP) is 2.30. The van der Waals surface area contributed by atoms with Gasteiger partial charge >= 0.3 is 0 Å². The molecule has 0 saturated heterocycles. The van der Waals surface area contributed by atoms with Crippen LogP contribution in [0.15, 0.2) is 30.0 Å². The summed E-state index contributed by atoms with van der Waals surface area (Å²) in [5, 5.41) is 8.89. The van der Waals surface area contributed by atoms with Crippen molar-refractivity contribution in [3.63, 3.8) is 0 Å². The Labute approximate surface area is 101 Å². The van der Waals surface area contributed by atoms with Crippen molar-refractivity contribution in [2.75, 3.05) is 21.3 Å². The van der Waals surface area contributed by atoms with Crippen molar-refractivity contribution in [2.45, 2.75) is 6.42 Å². The van der Waals surface area contributed by atoms with Gasteiger partial charge in [0.2, 0.25) is 0 Å². The molecule has 0 fully saturated rings. The zero-order valence-electron chi connectivity index (χ0n) is 10.2. The molecule has 0 unspecified atom stereocenters. The first-order chi connectivity index (χ1) is 8.24. The Morgan fingerprint density at radius 2 is 1.94 bits per heavy atom. The zero-order chi connectivity index (χ0) is 12.7. The van der Waals surface area contributed by atoms with Crippen LogP contribution in [0.4, 0.5) is 0 Å². The molecule has 1 aromatic rings. The number of nitriles is 1. The molecule has 0 saturated carbocycles. The first kappa shape index (κ1) is 12.9. The third kappa shape index (κ3) is 3.42. The molecule has 4 heteroatoms. The fourth-order valence-corrected chi connectivity index (χ4v) is 1.46. The van der Waals surface area contributed by atoms with Crippen LogP contribution in [-0.2, 0) is 11.2 Å². The summed E-state index contributed by atoms with van der Waals surface area (Å²) in [6.07, 6.45) is 1.95. The maximum absolute atomic E-state index is 8.89. The summed E-state index contributed by atoms with van der Waals surface area (Å²) in [7, 11) is 4.69. The SMILES string of the molecule is COC=C(C#N)Cc1ccc(OC)c(OC)c1. The highest BCUT2D eigenvalue weighted by Crippen LogP contribution is 2.28. The number of hydrogen-bond acceptors (Lipinski definition) is 4. The lowest BCUT2D eigenvalue weighted by Gasteiger charge is -2.09. The number of allylic oxidation sites excluding steroid dienone is 1. The first-order valence-electron chi connectivity index (χ1n) is 5.08. The molecule has 0 amide bonds. The van der Waals surface area contributed by atoms with Crippen molar-refractivity contribution < 1.29 is 14.2 Å². The molecule has 0 spiro atoms. The highest BCUT2D eigenvalue weighted by atomic mass is 16.5. The van der Waals surface area contributed by atoms with Gasteiger partial charge in [-0.25, -0.2) is 0 Å². The second kappa shape index (κ2) is 6.44. The molecule has 0 atom stereocenters. The minimum absolute atomic E-state index is 0.505. The summed E-state index contributed by atoms with van der Waals surface area (Å²) in [5.41, 5.74) is 1.52. The van der Waals surface area contributed by atoms with Crippen molar-refractivity contribution in [3.05, 3.63) is 35.6 Å². The van der Waals surface area contributed by atoms with E-state index in [9.17, 15) is 0 Å². The topological polar surface area (TPSA) is 51.5 Å². The van der Waals surface area contributed by atoms with E-state index in [1.165, 1.54) is 13.4 Å². The molecular weight excluding hydrogens is 218 g/mol. The van der Waals surface area contributed by atoms with Gasteiger partial charge in [-0.15, -0.1) is 0 Å². The normalized spacial score (nSPS) is 10.6. The monoisotopic (exact) mass is 233 g/mol. The largest absolute Gasteiger partial charge is 0.503 e. The molecule has 0 N–H and O–H groups in total. The standard InChI is InChI=1S/C13H15NO3/c1-15-9-11(8-14)6-10-4-5-12(16-2)13(7-10)17-3/h4-5,7,9H,6H2,1-3H3. The lowest BCUT2D eigenvalue weighted by Crippen LogP contribution is -1.94. The van der Waals surface area contributed by atoms with Crippen LogP contribution in [0.1, 0.15) is 5.56 Å². The molecule has 0 aliphatic heterocycles. The van der Waals surface area contributed by atoms with Crippen LogP contribution in [0, 0.1) is 11.3 Å². The van der Waals surface area contributed by atoms with Gasteiger partial charge in [0.15, 0.2) is 11.5 Å². The summed E-state index contributed by atoms with van der Waals surface area (Å²) >= 11 is 0. The quantitative estimate of drug-likeness (QED) is 0.578. The third-order valence-corrected chi connectivity index (χ3v) is 2.25. The molecule has 17 heavy (non-hydrogen) atoms. The molecule has 0 bridgehead atoms. The molecule has 4 nitrogen and oxygen atoms in total. The average Bonchev–Trinajstić information content (AvgIpc) is 2.38. The summed E-state index contributed by atoms with van der Waals surface area (Å²) in [6.45, 7) is 0. The second-order valence-corrected chi connectivity index (χ2v) is 3.36. The van der Waals surface area contributed by atoms with E-state index in [1.54, 1.807) is 14.2 Å². The molecule has 1 rings (SSSR count). The van der Waals surface area contributed by atoms with Crippen molar-refractivity contribution in [2.24, 2.45) is 0 Å². The Kier molecular flexibility index (Phi) is 4.89. The Balaban J connectivity index is 2.93. The van der Waals surface area contributed by atoms with Crippen molar-refractivity contribution >= 4 is 0 Å². The van der Waals surface area contributed by atoms with Crippen LogP contribution < -0.4 is 9.47 Å². The maximum atomic E-state index is 8.89. The van der Waals surface area contributed by atoms with Crippen molar-refractivity contribution in [3.8, 4) is 17.6 Å². The van der Waals surface area contributed by atoms with Gasteiger partial charge in [-0.2, -0.15) is 5.26 Å². The van der Waals surface area contributed by atoms with E-state index in [0.29, 0.717) is 23.5 Å². The predicted molar refractivity (Wildman–Crippen MR) is 64.0 cm³/mol. The number of ether oxygens (including phenoxy) is 3. The Bertz CT molecular complexity index is 446. The van der Waals surface area contributed by atoms with E-state index in [1.807, 2.05) is 18.2 Å². The maximum Gasteiger partial charge on any atom is 0.160 e. The van der Waals surface area contributed by atoms with Gasteiger partial charge in [0.25, 0.3) is 0 Å². The van der Waals surface area contributed by atoms with Gasteiger partial charge in [0, 0.05) is 6.42 Å². The van der Waals surface area contributed by atoms with Gasteiger partial charge < -0.3 is 14.2 Å². The van der Waals surface area contributed by atoms with Crippen molar-refractivity contribution in [1.29, 1.82) is 5.26 Å². The Morgan fingerprint density at radius 3 is 2.47 bits per heavy atom. The van der Waals surface area contributed by atoms with Gasteiger partial charge in [-0.3, -0.25) is 0 Å². The summed E-state index contributed by atoms with van der Waals surface area (Å²) in [5.74, 6) is 1.32. The fraction of sp³-hybridized carbons (Fsp3) is 0.308. The highest BCUT2D eigenvalue weighted by Gasteiger charge is 2.06. The zero-order valence-corrected chi connectivity index (χ0v) is 10.2. The van der Waals surface area contributed by atoms with Crippen molar-refractivity contribution in [1.82, 2.24) is 0 Å². The second-order valence-electron chi connectivity index (χ2n) is 3.36. The molecule has 1 aromatic carbocycles.